The third kappa shape index (κ3) is 11.4. The number of alkyl carbamates (subject to hydrolysis) is 1. The number of aryl methyl sites for hydroxylation is 1. The molecule has 0 radical (unpaired) electrons. The average Bonchev–Trinajstić information content (AvgIpc) is 3.47. The lowest BCUT2D eigenvalue weighted by atomic mass is 10.0. The Balaban J connectivity index is 1.87. The SMILES string of the molecule is CCCCS(=O)(=O)C[C@@H](NC(=O)O[C@@H]1CCNC1)C(=O)N(Cc1cccc(CC)c1)C[C@@H](O)[C@@H](N)Cc1cc(F)cc(F)c1. The van der Waals surface area contributed by atoms with Crippen LogP contribution in [0.4, 0.5) is 13.6 Å². The molecule has 13 heteroatoms. The van der Waals surface area contributed by atoms with Crippen molar-refractivity contribution in [2.24, 2.45) is 5.73 Å². The molecule has 5 N–H and O–H groups in total. The third-order valence-electron chi connectivity index (χ3n) is 7.49. The zero-order valence-electron chi connectivity index (χ0n) is 25.3. The largest absolute Gasteiger partial charge is 0.445 e. The van der Waals surface area contributed by atoms with Crippen LogP contribution in [0.3, 0.4) is 0 Å². The molecule has 0 bridgehead atoms. The minimum atomic E-state index is -3.76. The van der Waals surface area contributed by atoms with Gasteiger partial charge >= 0.3 is 6.09 Å². The minimum absolute atomic E-state index is 0.0141. The van der Waals surface area contributed by atoms with Crippen LogP contribution >= 0.6 is 0 Å². The molecule has 0 aliphatic carbocycles. The zero-order valence-corrected chi connectivity index (χ0v) is 26.1. The van der Waals surface area contributed by atoms with Gasteiger partial charge in [-0.15, -0.1) is 0 Å². The molecule has 1 saturated heterocycles. The Kier molecular flexibility index (Phi) is 13.5. The van der Waals surface area contributed by atoms with Crippen molar-refractivity contribution >= 4 is 21.8 Å². The predicted octanol–water partition coefficient (Wildman–Crippen LogP) is 2.46. The summed E-state index contributed by atoms with van der Waals surface area (Å²) in [5.74, 6) is -3.12. The van der Waals surface area contributed by atoms with Gasteiger partial charge in [-0.05, 0) is 61.1 Å². The Morgan fingerprint density at radius 3 is 2.48 bits per heavy atom. The lowest BCUT2D eigenvalue weighted by Crippen LogP contribution is -2.55. The predicted molar refractivity (Wildman–Crippen MR) is 164 cm³/mol. The van der Waals surface area contributed by atoms with Crippen LogP contribution in [-0.4, -0.2) is 85.9 Å². The molecule has 1 aliphatic rings. The molecule has 44 heavy (non-hydrogen) atoms. The smallest absolute Gasteiger partial charge is 0.408 e. The van der Waals surface area contributed by atoms with E-state index in [0.29, 0.717) is 32.4 Å². The molecule has 1 aliphatic heterocycles. The second-order valence-corrected chi connectivity index (χ2v) is 13.5. The second-order valence-electron chi connectivity index (χ2n) is 11.3. The van der Waals surface area contributed by atoms with Crippen molar-refractivity contribution in [2.45, 2.75) is 76.8 Å². The van der Waals surface area contributed by atoms with E-state index in [1.807, 2.05) is 32.0 Å². The van der Waals surface area contributed by atoms with Gasteiger partial charge in [-0.2, -0.15) is 0 Å². The number of hydrogen-bond acceptors (Lipinski definition) is 8. The van der Waals surface area contributed by atoms with E-state index in [-0.39, 0.29) is 30.8 Å². The van der Waals surface area contributed by atoms with Crippen LogP contribution in [0.1, 0.15) is 49.8 Å². The molecule has 10 nitrogen and oxygen atoms in total. The molecule has 0 spiro atoms. The highest BCUT2D eigenvalue weighted by molar-refractivity contribution is 7.91. The number of carbonyl (C=O) groups excluding carboxylic acids is 2. The van der Waals surface area contributed by atoms with E-state index >= 15 is 0 Å². The molecule has 1 heterocycles. The van der Waals surface area contributed by atoms with Gasteiger partial charge in [0.05, 0.1) is 17.6 Å². The van der Waals surface area contributed by atoms with Crippen LogP contribution in [0.25, 0.3) is 0 Å². The van der Waals surface area contributed by atoms with Gasteiger partial charge < -0.3 is 31.1 Å². The third-order valence-corrected chi connectivity index (χ3v) is 9.24. The Bertz CT molecular complexity index is 1340. The standard InChI is InChI=1S/C31H44F2N4O6S/c1-3-5-11-44(41,42)20-28(36-31(40)43-26-9-10-35-17-26)30(39)37(18-22-8-6-7-21(4-2)12-22)19-29(38)27(34)15-23-13-24(32)16-25(33)14-23/h6-8,12-14,16,26-29,35,38H,3-5,9-11,15,17-20,34H2,1-2H3,(H,36,40)/t26-,27+,28-,29-/m1/s1. The number of carbonyl (C=O) groups is 2. The van der Waals surface area contributed by atoms with E-state index in [0.717, 1.165) is 35.7 Å². The number of benzene rings is 2. The van der Waals surface area contributed by atoms with Crippen LogP contribution < -0.4 is 16.4 Å². The number of aliphatic hydroxyl groups excluding tert-OH is 1. The number of hydrogen-bond donors (Lipinski definition) is 4. The zero-order chi connectivity index (χ0) is 32.3. The summed E-state index contributed by atoms with van der Waals surface area (Å²) in [7, 11) is -3.76. The molecular formula is C31H44F2N4O6S. The summed E-state index contributed by atoms with van der Waals surface area (Å²) < 4.78 is 58.9. The Morgan fingerprint density at radius 1 is 1.14 bits per heavy atom. The fraction of sp³-hybridized carbons (Fsp3) is 0.548. The number of ether oxygens (including phenoxy) is 1. The fourth-order valence-corrected chi connectivity index (χ4v) is 6.68. The molecule has 3 rings (SSSR count). The molecule has 2 aromatic carbocycles. The molecule has 0 aromatic heterocycles. The molecule has 4 atom stereocenters. The lowest BCUT2D eigenvalue weighted by Gasteiger charge is -2.31. The van der Waals surface area contributed by atoms with Crippen LogP contribution in [0.2, 0.25) is 0 Å². The quantitative estimate of drug-likeness (QED) is 0.219. The van der Waals surface area contributed by atoms with Crippen molar-refractivity contribution in [3.8, 4) is 0 Å². The molecule has 2 amide bonds. The van der Waals surface area contributed by atoms with Crippen molar-refractivity contribution in [3.05, 3.63) is 70.8 Å². The fourth-order valence-electron chi connectivity index (χ4n) is 5.05. The number of halogens is 2. The summed E-state index contributed by atoms with van der Waals surface area (Å²) in [6.45, 7) is 4.59. The summed E-state index contributed by atoms with van der Waals surface area (Å²) in [6.07, 6.45) is -0.429. The summed E-state index contributed by atoms with van der Waals surface area (Å²) in [6, 6.07) is 7.89. The first-order valence-electron chi connectivity index (χ1n) is 15.0. The number of aliphatic hydroxyl groups is 1. The van der Waals surface area contributed by atoms with Crippen molar-refractivity contribution < 1.29 is 36.6 Å². The number of sulfone groups is 1. The van der Waals surface area contributed by atoms with Gasteiger partial charge in [0.25, 0.3) is 0 Å². The van der Waals surface area contributed by atoms with Crippen LogP contribution in [0.5, 0.6) is 0 Å². The van der Waals surface area contributed by atoms with Crippen molar-refractivity contribution in [1.29, 1.82) is 0 Å². The number of rotatable bonds is 16. The van der Waals surface area contributed by atoms with E-state index in [9.17, 15) is 31.9 Å². The highest BCUT2D eigenvalue weighted by Crippen LogP contribution is 2.16. The van der Waals surface area contributed by atoms with Crippen LogP contribution in [0.15, 0.2) is 42.5 Å². The second kappa shape index (κ2) is 16.8. The first-order valence-corrected chi connectivity index (χ1v) is 16.8. The van der Waals surface area contributed by atoms with E-state index in [4.69, 9.17) is 10.5 Å². The molecule has 0 unspecified atom stereocenters. The highest BCUT2D eigenvalue weighted by Gasteiger charge is 2.34. The average molecular weight is 639 g/mol. The maximum Gasteiger partial charge on any atom is 0.408 e. The van der Waals surface area contributed by atoms with E-state index in [1.54, 1.807) is 6.07 Å². The highest BCUT2D eigenvalue weighted by atomic mass is 32.2. The lowest BCUT2D eigenvalue weighted by molar-refractivity contribution is -0.135. The number of nitrogens with zero attached hydrogens (tertiary/aromatic N) is 1. The van der Waals surface area contributed by atoms with Gasteiger partial charge in [0.2, 0.25) is 5.91 Å². The van der Waals surface area contributed by atoms with Crippen molar-refractivity contribution in [3.63, 3.8) is 0 Å². The monoisotopic (exact) mass is 638 g/mol. The minimum Gasteiger partial charge on any atom is -0.445 e. The van der Waals surface area contributed by atoms with Gasteiger partial charge in [-0.1, -0.05) is 44.5 Å². The summed E-state index contributed by atoms with van der Waals surface area (Å²) in [4.78, 5) is 28.1. The van der Waals surface area contributed by atoms with Crippen LogP contribution in [-0.2, 0) is 38.8 Å². The normalized spacial score (nSPS) is 17.1. The first kappa shape index (κ1) is 35.4. The van der Waals surface area contributed by atoms with E-state index in [2.05, 4.69) is 10.6 Å². The molecule has 244 valence electrons. The number of unbranched alkanes of at least 4 members (excludes halogenated alkanes) is 1. The van der Waals surface area contributed by atoms with Gasteiger partial charge in [0, 0.05) is 31.7 Å². The van der Waals surface area contributed by atoms with Gasteiger partial charge in [0.1, 0.15) is 23.8 Å². The van der Waals surface area contributed by atoms with Crippen molar-refractivity contribution in [1.82, 2.24) is 15.5 Å². The maximum atomic E-state index is 14.1. The van der Waals surface area contributed by atoms with Gasteiger partial charge in [-0.3, -0.25) is 4.79 Å². The summed E-state index contributed by atoms with van der Waals surface area (Å²) >= 11 is 0. The van der Waals surface area contributed by atoms with Gasteiger partial charge in [-0.25, -0.2) is 22.0 Å². The topological polar surface area (TPSA) is 151 Å². The number of amides is 2. The van der Waals surface area contributed by atoms with Crippen molar-refractivity contribution in [2.75, 3.05) is 31.1 Å². The van der Waals surface area contributed by atoms with E-state index in [1.165, 1.54) is 4.90 Å². The van der Waals surface area contributed by atoms with Gasteiger partial charge in [0.15, 0.2) is 9.84 Å². The van der Waals surface area contributed by atoms with Crippen LogP contribution in [0, 0.1) is 11.6 Å². The number of nitrogens with one attached hydrogen (secondary N) is 2. The summed E-state index contributed by atoms with van der Waals surface area (Å²) in [5, 5.41) is 16.6. The maximum absolute atomic E-state index is 14.1. The Labute approximate surface area is 258 Å². The summed E-state index contributed by atoms with van der Waals surface area (Å²) in [5.41, 5.74) is 8.17. The Morgan fingerprint density at radius 2 is 1.84 bits per heavy atom. The molecule has 0 saturated carbocycles. The van der Waals surface area contributed by atoms with E-state index < -0.39 is 63.5 Å². The number of nitrogens with two attached hydrogens (primary N) is 1. The molecular weight excluding hydrogens is 594 g/mol. The Hall–Kier alpha value is -3.13. The molecule has 2 aromatic rings. The first-order chi connectivity index (χ1) is 20.9. The molecule has 1 fully saturated rings.